The van der Waals surface area contributed by atoms with E-state index < -0.39 is 6.17 Å². The second-order valence-electron chi connectivity index (χ2n) is 6.34. The van der Waals surface area contributed by atoms with Gasteiger partial charge in [-0.15, -0.1) is 11.6 Å². The van der Waals surface area contributed by atoms with E-state index in [0.29, 0.717) is 23.2 Å². The summed E-state index contributed by atoms with van der Waals surface area (Å²) < 4.78 is 17.7. The van der Waals surface area contributed by atoms with E-state index in [2.05, 4.69) is 25.7 Å². The summed E-state index contributed by atoms with van der Waals surface area (Å²) in [6.45, 7) is 6.75. The largest absolute Gasteiger partial charge is 0.395 e. The molecule has 0 saturated heterocycles. The molecule has 0 amide bonds. The molecule has 2 atom stereocenters. The van der Waals surface area contributed by atoms with Crippen molar-refractivity contribution < 1.29 is 9.50 Å². The van der Waals surface area contributed by atoms with Crippen molar-refractivity contribution in [1.82, 2.24) is 20.7 Å². The lowest BCUT2D eigenvalue weighted by Crippen LogP contribution is -2.29. The molecule has 1 rings (SSSR count). The number of nitrogens with zero attached hydrogens (tertiary/aromatic N) is 1. The van der Waals surface area contributed by atoms with Crippen LogP contribution in [0.25, 0.3) is 0 Å². The first kappa shape index (κ1) is 26.5. The zero-order valence-electron chi connectivity index (χ0n) is 16.9. The van der Waals surface area contributed by atoms with E-state index in [1.165, 1.54) is 11.9 Å². The Morgan fingerprint density at radius 3 is 2.66 bits per heavy atom. The first-order chi connectivity index (χ1) is 14.1. The Bertz CT molecular complexity index is 538. The maximum atomic E-state index is 14.7. The topological polar surface area (TPSA) is 107 Å². The number of alkyl halides is 2. The second-order valence-corrected chi connectivity index (χ2v) is 8.34. The number of unbranched alkanes of at least 4 members (excludes halogenated alkanes) is 1. The maximum absolute atomic E-state index is 14.7. The highest BCUT2D eigenvalue weighted by Gasteiger charge is 2.21. The Kier molecular flexibility index (Phi) is 15.8. The zero-order chi connectivity index (χ0) is 21.3. The summed E-state index contributed by atoms with van der Waals surface area (Å²) in [5.41, 5.74) is 0.834. The van der Waals surface area contributed by atoms with Gasteiger partial charge >= 0.3 is 0 Å². The maximum Gasteiger partial charge on any atom is 0.181 e. The van der Waals surface area contributed by atoms with Crippen LogP contribution in [-0.2, 0) is 0 Å². The van der Waals surface area contributed by atoms with Crippen molar-refractivity contribution in [2.24, 2.45) is 10.1 Å². The number of hydrogen-bond acceptors (Lipinski definition) is 8. The van der Waals surface area contributed by atoms with Gasteiger partial charge in [-0.1, -0.05) is 0 Å². The standard InChI is InChI=1S/C18H34ClFN6OS2/c1-2-24-18(28-21)26-29-17-12-14(19)11-15(13-16(17)20)25-6-4-3-5-22-7-8-23-9-10-27/h11-12,14,16,22-23,25,27H,2-10,13,21H2,1H3,(H,24,26). The molecule has 0 aromatic rings. The van der Waals surface area contributed by atoms with Crippen LogP contribution in [0.15, 0.2) is 27.7 Å². The van der Waals surface area contributed by atoms with Crippen LogP contribution >= 0.6 is 35.5 Å². The third kappa shape index (κ3) is 12.7. The summed E-state index contributed by atoms with van der Waals surface area (Å²) in [6, 6.07) is 0. The Morgan fingerprint density at radius 1 is 1.24 bits per heavy atom. The first-order valence-corrected chi connectivity index (χ1v) is 12.0. The highest BCUT2D eigenvalue weighted by Crippen LogP contribution is 2.29. The second kappa shape index (κ2) is 17.2. The molecule has 1 aliphatic rings. The minimum atomic E-state index is -1.13. The van der Waals surface area contributed by atoms with E-state index in [9.17, 15) is 4.39 Å². The predicted octanol–water partition coefficient (Wildman–Crippen LogP) is 1.87. The number of allylic oxidation sites excluding steroid dienone is 4. The predicted molar refractivity (Wildman–Crippen MR) is 126 cm³/mol. The summed E-state index contributed by atoms with van der Waals surface area (Å²) in [7, 11) is 0. The molecule has 0 aliphatic heterocycles. The average Bonchev–Trinajstić information content (AvgIpc) is 2.84. The number of halogens is 2. The third-order valence-electron chi connectivity index (χ3n) is 3.96. The van der Waals surface area contributed by atoms with E-state index in [0.717, 1.165) is 56.7 Å². The number of amidine groups is 1. The minimum absolute atomic E-state index is 0.164. The minimum Gasteiger partial charge on any atom is -0.395 e. The van der Waals surface area contributed by atoms with Crippen LogP contribution in [-0.4, -0.2) is 67.7 Å². The van der Waals surface area contributed by atoms with Gasteiger partial charge in [0.25, 0.3) is 0 Å². The van der Waals surface area contributed by atoms with Gasteiger partial charge in [0.2, 0.25) is 0 Å². The van der Waals surface area contributed by atoms with Crippen molar-refractivity contribution in [3.05, 3.63) is 22.8 Å². The van der Waals surface area contributed by atoms with Gasteiger partial charge in [-0.25, -0.2) is 4.39 Å². The number of nitrogens with one attached hydrogen (secondary N) is 4. The van der Waals surface area contributed by atoms with Gasteiger partial charge < -0.3 is 25.8 Å². The number of aliphatic imine (C=N–C) groups is 1. The lowest BCUT2D eigenvalue weighted by molar-refractivity contribution is 0.292. The lowest BCUT2D eigenvalue weighted by Gasteiger charge is -2.15. The number of rotatable bonds is 14. The van der Waals surface area contributed by atoms with E-state index >= 15 is 0 Å². The average molecular weight is 469 g/mol. The van der Waals surface area contributed by atoms with Crippen LogP contribution in [0.1, 0.15) is 26.2 Å². The van der Waals surface area contributed by atoms with Gasteiger partial charge in [0, 0.05) is 49.7 Å². The van der Waals surface area contributed by atoms with E-state index in [-0.39, 0.29) is 18.4 Å². The SMILES string of the molecule is CCN=C(NSC1=CC(Cl)C=C(NCCCCNCCNCCO)CC1F)SN. The molecule has 0 saturated carbocycles. The molecule has 29 heavy (non-hydrogen) atoms. The number of aliphatic hydroxyl groups excluding tert-OH is 1. The van der Waals surface area contributed by atoms with E-state index in [1.54, 1.807) is 6.08 Å². The Morgan fingerprint density at radius 2 is 1.97 bits per heavy atom. The van der Waals surface area contributed by atoms with Gasteiger partial charge in [0.05, 0.1) is 12.0 Å². The van der Waals surface area contributed by atoms with Gasteiger partial charge in [-0.3, -0.25) is 10.1 Å². The molecule has 0 aromatic carbocycles. The molecular weight excluding hydrogens is 435 g/mol. The summed E-state index contributed by atoms with van der Waals surface area (Å²) in [5.74, 6) is 0. The monoisotopic (exact) mass is 468 g/mol. The molecule has 0 spiro atoms. The molecule has 0 bridgehead atoms. The highest BCUT2D eigenvalue weighted by molar-refractivity contribution is 8.14. The molecule has 0 heterocycles. The van der Waals surface area contributed by atoms with Crippen LogP contribution in [0.4, 0.5) is 4.39 Å². The van der Waals surface area contributed by atoms with Crippen molar-refractivity contribution in [3.63, 3.8) is 0 Å². The van der Waals surface area contributed by atoms with Crippen LogP contribution in [0.2, 0.25) is 0 Å². The lowest BCUT2D eigenvalue weighted by atomic mass is 10.2. The van der Waals surface area contributed by atoms with Crippen LogP contribution in [0.5, 0.6) is 0 Å². The molecule has 11 heteroatoms. The van der Waals surface area contributed by atoms with Crippen molar-refractivity contribution in [2.75, 3.05) is 45.9 Å². The van der Waals surface area contributed by atoms with Gasteiger partial charge in [0.1, 0.15) is 6.17 Å². The fraction of sp³-hybridized carbons (Fsp3) is 0.722. The summed E-state index contributed by atoms with van der Waals surface area (Å²) in [6.07, 6.45) is 4.74. The molecule has 2 unspecified atom stereocenters. The third-order valence-corrected chi connectivity index (χ3v) is 5.72. The van der Waals surface area contributed by atoms with Gasteiger partial charge in [0.15, 0.2) is 5.17 Å². The molecule has 1 aliphatic carbocycles. The van der Waals surface area contributed by atoms with Crippen LogP contribution < -0.4 is 25.8 Å². The van der Waals surface area contributed by atoms with Crippen molar-refractivity contribution in [3.8, 4) is 0 Å². The van der Waals surface area contributed by atoms with Crippen molar-refractivity contribution in [2.45, 2.75) is 37.7 Å². The smallest absolute Gasteiger partial charge is 0.181 e. The number of aliphatic hydroxyl groups is 1. The van der Waals surface area contributed by atoms with Crippen LogP contribution in [0.3, 0.4) is 0 Å². The Balaban J connectivity index is 2.26. The fourth-order valence-corrected chi connectivity index (χ4v) is 4.14. The van der Waals surface area contributed by atoms with Crippen LogP contribution in [0, 0.1) is 0 Å². The first-order valence-electron chi connectivity index (χ1n) is 9.91. The molecular formula is C18H34ClFN6OS2. The summed E-state index contributed by atoms with van der Waals surface area (Å²) in [5, 5.41) is 24.2. The zero-order valence-corrected chi connectivity index (χ0v) is 19.3. The molecule has 0 aromatic heterocycles. The van der Waals surface area contributed by atoms with Crippen molar-refractivity contribution >= 4 is 40.7 Å². The quantitative estimate of drug-likeness (QED) is 0.0754. The van der Waals surface area contributed by atoms with E-state index in [1.807, 2.05) is 13.0 Å². The normalized spacial score (nSPS) is 20.1. The Hall–Kier alpha value is -0.490. The Labute approximate surface area is 187 Å². The van der Waals surface area contributed by atoms with E-state index in [4.69, 9.17) is 21.8 Å². The van der Waals surface area contributed by atoms with Gasteiger partial charge in [-0.2, -0.15) is 0 Å². The van der Waals surface area contributed by atoms with Gasteiger partial charge in [-0.05, 0) is 62.4 Å². The summed E-state index contributed by atoms with van der Waals surface area (Å²) >= 11 is 8.51. The number of nitrogens with two attached hydrogens (primary N) is 1. The molecule has 168 valence electrons. The molecule has 0 fully saturated rings. The molecule has 0 radical (unpaired) electrons. The highest BCUT2D eigenvalue weighted by atomic mass is 35.5. The summed E-state index contributed by atoms with van der Waals surface area (Å²) in [4.78, 5) is 4.73. The van der Waals surface area contributed by atoms with Crippen molar-refractivity contribution in [1.29, 1.82) is 0 Å². The number of hydrogen-bond donors (Lipinski definition) is 6. The fourth-order valence-electron chi connectivity index (χ4n) is 2.56. The molecule has 7 nitrogen and oxygen atoms in total. The molecule has 7 N–H and O–H groups in total.